The van der Waals surface area contributed by atoms with Crippen LogP contribution in [0, 0.1) is 0 Å². The molecule has 2 rings (SSSR count). The summed E-state index contributed by atoms with van der Waals surface area (Å²) in [5.74, 6) is 0.522. The summed E-state index contributed by atoms with van der Waals surface area (Å²) in [6.45, 7) is 8.00. The van der Waals surface area contributed by atoms with Gasteiger partial charge in [-0.05, 0) is 12.1 Å². The SMILES string of the molecule is CC.CC.COc1ccn2ccc(C(=O)N(C)OC)c2c1. The first-order chi connectivity index (χ1) is 10.2. The molecule has 0 aromatic carbocycles. The van der Waals surface area contributed by atoms with Gasteiger partial charge in [0.05, 0.1) is 25.3 Å². The molecule has 0 saturated carbocycles. The average Bonchev–Trinajstić information content (AvgIpc) is 2.99. The van der Waals surface area contributed by atoms with Crippen LogP contribution in [0.25, 0.3) is 5.52 Å². The predicted octanol–water partition coefficient (Wildman–Crippen LogP) is 3.63. The molecular formula is C16H26N2O3. The lowest BCUT2D eigenvalue weighted by molar-refractivity contribution is -0.0755. The van der Waals surface area contributed by atoms with Crippen molar-refractivity contribution in [2.75, 3.05) is 21.3 Å². The number of fused-ring (bicyclic) bond motifs is 1. The van der Waals surface area contributed by atoms with Crippen molar-refractivity contribution in [1.29, 1.82) is 0 Å². The minimum Gasteiger partial charge on any atom is -0.497 e. The van der Waals surface area contributed by atoms with Crippen molar-refractivity contribution in [3.8, 4) is 5.75 Å². The molecule has 2 aromatic heterocycles. The quantitative estimate of drug-likeness (QED) is 0.812. The number of rotatable bonds is 3. The zero-order valence-corrected chi connectivity index (χ0v) is 14.0. The molecule has 0 aliphatic carbocycles. The third kappa shape index (κ3) is 4.49. The van der Waals surface area contributed by atoms with E-state index in [1.54, 1.807) is 20.2 Å². The van der Waals surface area contributed by atoms with Gasteiger partial charge in [-0.25, -0.2) is 5.06 Å². The molecule has 0 bridgehead atoms. The maximum absolute atomic E-state index is 12.0. The van der Waals surface area contributed by atoms with Crippen LogP contribution < -0.4 is 4.74 Å². The molecule has 1 amide bonds. The lowest BCUT2D eigenvalue weighted by Crippen LogP contribution is -2.25. The number of hydrogen-bond donors (Lipinski definition) is 0. The van der Waals surface area contributed by atoms with Crippen LogP contribution in [0.15, 0.2) is 30.6 Å². The second kappa shape index (κ2) is 9.83. The molecule has 0 unspecified atom stereocenters. The summed E-state index contributed by atoms with van der Waals surface area (Å²) in [5, 5.41) is 1.19. The van der Waals surface area contributed by atoms with Crippen LogP contribution in [0.2, 0.25) is 0 Å². The monoisotopic (exact) mass is 294 g/mol. The number of methoxy groups -OCH3 is 1. The van der Waals surface area contributed by atoms with Gasteiger partial charge in [0.25, 0.3) is 5.91 Å². The van der Waals surface area contributed by atoms with E-state index in [0.29, 0.717) is 11.3 Å². The van der Waals surface area contributed by atoms with Crippen molar-refractivity contribution >= 4 is 11.4 Å². The smallest absolute Gasteiger partial charge is 0.279 e. The number of amides is 1. The van der Waals surface area contributed by atoms with Crippen molar-refractivity contribution in [2.45, 2.75) is 27.7 Å². The molecule has 2 heterocycles. The van der Waals surface area contributed by atoms with E-state index in [-0.39, 0.29) is 5.91 Å². The minimum absolute atomic E-state index is 0.191. The molecule has 2 aromatic rings. The molecule has 0 fully saturated rings. The molecule has 5 heteroatoms. The Morgan fingerprint density at radius 2 is 1.67 bits per heavy atom. The number of carbonyl (C=O) groups is 1. The summed E-state index contributed by atoms with van der Waals surface area (Å²) in [6.07, 6.45) is 3.67. The lowest BCUT2D eigenvalue weighted by Gasteiger charge is -2.13. The van der Waals surface area contributed by atoms with Crippen LogP contribution in [0.1, 0.15) is 38.1 Å². The Morgan fingerprint density at radius 1 is 1.10 bits per heavy atom. The molecule has 0 spiro atoms. The zero-order valence-electron chi connectivity index (χ0n) is 14.0. The van der Waals surface area contributed by atoms with Gasteiger partial charge in [-0.2, -0.15) is 0 Å². The first-order valence-corrected chi connectivity index (χ1v) is 7.14. The number of nitrogens with zero attached hydrogens (tertiary/aromatic N) is 2. The Kier molecular flexibility index (Phi) is 8.88. The van der Waals surface area contributed by atoms with Crippen molar-refractivity contribution in [1.82, 2.24) is 9.46 Å². The van der Waals surface area contributed by atoms with Gasteiger partial charge in [-0.1, -0.05) is 27.7 Å². The fraction of sp³-hybridized carbons (Fsp3) is 0.438. The Labute approximate surface area is 127 Å². The lowest BCUT2D eigenvalue weighted by atomic mass is 10.2. The first kappa shape index (κ1) is 19.0. The van der Waals surface area contributed by atoms with Gasteiger partial charge in [0.1, 0.15) is 5.75 Å². The fourth-order valence-electron chi connectivity index (χ4n) is 1.64. The molecular weight excluding hydrogens is 268 g/mol. The highest BCUT2D eigenvalue weighted by molar-refractivity contribution is 6.00. The second-order valence-electron chi connectivity index (χ2n) is 3.57. The zero-order chi connectivity index (χ0) is 16.4. The molecule has 0 radical (unpaired) electrons. The molecule has 118 valence electrons. The highest BCUT2D eigenvalue weighted by Gasteiger charge is 2.15. The molecule has 0 saturated heterocycles. The van der Waals surface area contributed by atoms with Gasteiger partial charge in [0.15, 0.2) is 0 Å². The van der Waals surface area contributed by atoms with Gasteiger partial charge in [0, 0.05) is 25.5 Å². The summed E-state index contributed by atoms with van der Waals surface area (Å²) < 4.78 is 7.00. The predicted molar refractivity (Wildman–Crippen MR) is 85.7 cm³/mol. The van der Waals surface area contributed by atoms with E-state index in [4.69, 9.17) is 9.57 Å². The van der Waals surface area contributed by atoms with Gasteiger partial charge in [-0.15, -0.1) is 0 Å². The van der Waals surface area contributed by atoms with Gasteiger partial charge in [-0.3, -0.25) is 9.63 Å². The fourth-order valence-corrected chi connectivity index (χ4v) is 1.64. The number of ether oxygens (including phenoxy) is 1. The molecule has 0 N–H and O–H groups in total. The Hall–Kier alpha value is -2.01. The van der Waals surface area contributed by atoms with Gasteiger partial charge < -0.3 is 9.14 Å². The van der Waals surface area contributed by atoms with Crippen LogP contribution in [0.3, 0.4) is 0 Å². The number of hydrogen-bond acceptors (Lipinski definition) is 3. The van der Waals surface area contributed by atoms with E-state index in [2.05, 4.69) is 0 Å². The van der Waals surface area contributed by atoms with Crippen LogP contribution in [0.5, 0.6) is 5.75 Å². The van der Waals surface area contributed by atoms with Crippen LogP contribution >= 0.6 is 0 Å². The topological polar surface area (TPSA) is 43.2 Å². The third-order valence-electron chi connectivity index (χ3n) is 2.66. The van der Waals surface area contributed by atoms with Gasteiger partial charge in [0.2, 0.25) is 0 Å². The van der Waals surface area contributed by atoms with E-state index in [1.807, 2.05) is 56.6 Å². The average molecular weight is 294 g/mol. The summed E-state index contributed by atoms with van der Waals surface area (Å²) in [7, 11) is 4.63. The maximum atomic E-state index is 12.0. The largest absolute Gasteiger partial charge is 0.497 e. The molecule has 0 aliphatic rings. The Bertz CT molecular complexity index is 549. The summed E-state index contributed by atoms with van der Waals surface area (Å²) in [6, 6.07) is 5.41. The summed E-state index contributed by atoms with van der Waals surface area (Å²) in [4.78, 5) is 16.9. The van der Waals surface area contributed by atoms with Gasteiger partial charge >= 0.3 is 0 Å². The van der Waals surface area contributed by atoms with Crippen molar-refractivity contribution < 1.29 is 14.4 Å². The number of hydroxylamine groups is 2. The second-order valence-corrected chi connectivity index (χ2v) is 3.57. The van der Waals surface area contributed by atoms with Crippen LogP contribution in [-0.4, -0.2) is 36.6 Å². The number of pyridine rings is 1. The minimum atomic E-state index is -0.191. The van der Waals surface area contributed by atoms with Crippen molar-refractivity contribution in [2.24, 2.45) is 0 Å². The number of aromatic nitrogens is 1. The standard InChI is InChI=1S/C12H14N2O3.2C2H6/c1-13(17-3)12(15)10-5-7-14-6-4-9(16-2)8-11(10)14;2*1-2/h4-8H,1-3H3;2*1-2H3. The van der Waals surface area contributed by atoms with E-state index in [0.717, 1.165) is 5.52 Å². The molecule has 0 atom stereocenters. The third-order valence-corrected chi connectivity index (χ3v) is 2.66. The van der Waals surface area contributed by atoms with E-state index in [1.165, 1.54) is 12.2 Å². The van der Waals surface area contributed by atoms with Crippen molar-refractivity contribution in [3.05, 3.63) is 36.2 Å². The molecule has 21 heavy (non-hydrogen) atoms. The molecule has 0 aliphatic heterocycles. The van der Waals surface area contributed by atoms with E-state index >= 15 is 0 Å². The summed E-state index contributed by atoms with van der Waals surface area (Å²) in [5.41, 5.74) is 1.37. The highest BCUT2D eigenvalue weighted by atomic mass is 16.7. The summed E-state index contributed by atoms with van der Waals surface area (Å²) >= 11 is 0. The molecule has 5 nitrogen and oxygen atoms in total. The Balaban J connectivity index is 0.000000921. The van der Waals surface area contributed by atoms with E-state index < -0.39 is 0 Å². The highest BCUT2D eigenvalue weighted by Crippen LogP contribution is 2.20. The van der Waals surface area contributed by atoms with Crippen molar-refractivity contribution in [3.63, 3.8) is 0 Å². The van der Waals surface area contributed by atoms with Crippen LogP contribution in [-0.2, 0) is 4.84 Å². The normalized spacial score (nSPS) is 9.10. The Morgan fingerprint density at radius 3 is 2.19 bits per heavy atom. The van der Waals surface area contributed by atoms with E-state index in [9.17, 15) is 4.79 Å². The first-order valence-electron chi connectivity index (χ1n) is 7.14. The van der Waals surface area contributed by atoms with Crippen LogP contribution in [0.4, 0.5) is 0 Å². The number of carbonyl (C=O) groups excluding carboxylic acids is 1. The maximum Gasteiger partial charge on any atom is 0.279 e.